The van der Waals surface area contributed by atoms with Gasteiger partial charge in [-0.3, -0.25) is 0 Å². The molecule has 0 saturated carbocycles. The number of carbonyl (C=O) groups is 1. The number of urea groups is 1. The maximum absolute atomic E-state index is 11.2. The van der Waals surface area contributed by atoms with Gasteiger partial charge in [0.15, 0.2) is 0 Å². The number of amides is 2. The van der Waals surface area contributed by atoms with Crippen LogP contribution >= 0.6 is 0 Å². The summed E-state index contributed by atoms with van der Waals surface area (Å²) in [5.74, 6) is 0.573. The number of hydrogen-bond acceptors (Lipinski definition) is 2. The van der Waals surface area contributed by atoms with E-state index in [-0.39, 0.29) is 12.1 Å². The van der Waals surface area contributed by atoms with Gasteiger partial charge in [-0.05, 0) is 25.8 Å². The minimum absolute atomic E-state index is 0.0527. The van der Waals surface area contributed by atoms with Gasteiger partial charge in [0.05, 0.1) is 0 Å². The Morgan fingerprint density at radius 1 is 1.62 bits per heavy atom. The van der Waals surface area contributed by atoms with Crippen molar-refractivity contribution in [2.45, 2.75) is 26.3 Å². The summed E-state index contributed by atoms with van der Waals surface area (Å²) in [5.41, 5.74) is 0. The molecule has 0 spiro atoms. The minimum atomic E-state index is -0.0527. The Bertz CT molecular complexity index is 172. The Morgan fingerprint density at radius 2 is 2.38 bits per heavy atom. The van der Waals surface area contributed by atoms with Crippen LogP contribution in [0.4, 0.5) is 4.79 Å². The molecule has 2 amide bonds. The Balaban J connectivity index is 2.29. The quantitative estimate of drug-likeness (QED) is 0.579. The van der Waals surface area contributed by atoms with Crippen molar-refractivity contribution in [3.8, 4) is 0 Å². The maximum Gasteiger partial charge on any atom is 0.315 e. The lowest BCUT2D eigenvalue weighted by atomic mass is 9.95. The molecule has 0 aromatic rings. The van der Waals surface area contributed by atoms with E-state index in [1.165, 1.54) is 0 Å². The van der Waals surface area contributed by atoms with Gasteiger partial charge in [0.2, 0.25) is 0 Å². The van der Waals surface area contributed by atoms with Crippen molar-refractivity contribution in [1.29, 1.82) is 0 Å². The van der Waals surface area contributed by atoms with Crippen molar-refractivity contribution < 1.29 is 4.79 Å². The molecule has 2 unspecified atom stereocenters. The average Bonchev–Trinajstić information content (AvgIpc) is 2.09. The molecule has 1 fully saturated rings. The summed E-state index contributed by atoms with van der Waals surface area (Å²) < 4.78 is 0. The van der Waals surface area contributed by atoms with E-state index in [0.717, 1.165) is 19.5 Å². The van der Waals surface area contributed by atoms with Crippen LogP contribution in [0, 0.1) is 5.92 Å². The third kappa shape index (κ3) is 3.22. The lowest BCUT2D eigenvalue weighted by molar-refractivity contribution is 0.225. The van der Waals surface area contributed by atoms with Crippen LogP contribution in [0.3, 0.4) is 0 Å². The zero-order valence-corrected chi connectivity index (χ0v) is 8.39. The normalized spacial score (nSPS) is 28.2. The largest absolute Gasteiger partial charge is 0.338 e. The lowest BCUT2D eigenvalue weighted by Gasteiger charge is -2.30. The van der Waals surface area contributed by atoms with Gasteiger partial charge in [-0.2, -0.15) is 0 Å². The van der Waals surface area contributed by atoms with Crippen LogP contribution in [0.25, 0.3) is 0 Å². The molecule has 1 heterocycles. The van der Waals surface area contributed by atoms with E-state index in [0.29, 0.717) is 12.5 Å². The summed E-state index contributed by atoms with van der Waals surface area (Å²) in [6.07, 6.45) is 1.14. The smallest absolute Gasteiger partial charge is 0.315 e. The van der Waals surface area contributed by atoms with Crippen molar-refractivity contribution in [2.24, 2.45) is 5.92 Å². The van der Waals surface area contributed by atoms with Crippen LogP contribution < -0.4 is 16.0 Å². The van der Waals surface area contributed by atoms with Gasteiger partial charge in [0.1, 0.15) is 0 Å². The second kappa shape index (κ2) is 5.07. The van der Waals surface area contributed by atoms with E-state index in [9.17, 15) is 4.79 Å². The van der Waals surface area contributed by atoms with E-state index in [1.807, 2.05) is 6.92 Å². The highest BCUT2D eigenvalue weighted by molar-refractivity contribution is 5.74. The van der Waals surface area contributed by atoms with Gasteiger partial charge >= 0.3 is 6.03 Å². The first-order valence-electron chi connectivity index (χ1n) is 4.99. The van der Waals surface area contributed by atoms with Crippen LogP contribution in [0.15, 0.2) is 0 Å². The first-order chi connectivity index (χ1) is 6.24. The topological polar surface area (TPSA) is 53.2 Å². The van der Waals surface area contributed by atoms with E-state index in [4.69, 9.17) is 0 Å². The molecule has 0 aromatic heterocycles. The van der Waals surface area contributed by atoms with Crippen molar-refractivity contribution in [3.63, 3.8) is 0 Å². The van der Waals surface area contributed by atoms with Crippen molar-refractivity contribution >= 4 is 6.03 Å². The third-order valence-corrected chi connectivity index (χ3v) is 2.48. The fourth-order valence-electron chi connectivity index (χ4n) is 1.56. The second-order valence-electron chi connectivity index (χ2n) is 3.58. The Kier molecular flexibility index (Phi) is 4.02. The molecule has 4 heteroatoms. The molecular formula is C9H19N3O. The molecule has 13 heavy (non-hydrogen) atoms. The predicted molar refractivity (Wildman–Crippen MR) is 52.6 cm³/mol. The fourth-order valence-corrected chi connectivity index (χ4v) is 1.56. The zero-order chi connectivity index (χ0) is 9.68. The van der Waals surface area contributed by atoms with Gasteiger partial charge < -0.3 is 16.0 Å². The van der Waals surface area contributed by atoms with Gasteiger partial charge in [-0.1, -0.05) is 6.92 Å². The predicted octanol–water partition coefficient (Wildman–Crippen LogP) is 0.304. The number of hydrogen-bond donors (Lipinski definition) is 3. The van der Waals surface area contributed by atoms with Gasteiger partial charge in [-0.25, -0.2) is 4.79 Å². The minimum Gasteiger partial charge on any atom is -0.338 e. The molecule has 1 aliphatic heterocycles. The van der Waals surface area contributed by atoms with E-state index < -0.39 is 0 Å². The van der Waals surface area contributed by atoms with Crippen LogP contribution in [0.1, 0.15) is 20.3 Å². The summed E-state index contributed by atoms with van der Waals surface area (Å²) in [7, 11) is 0. The summed E-state index contributed by atoms with van der Waals surface area (Å²) in [5, 5.41) is 8.96. The van der Waals surface area contributed by atoms with E-state index in [1.54, 1.807) is 0 Å². The number of rotatable bonds is 2. The Morgan fingerprint density at radius 3 is 3.00 bits per heavy atom. The third-order valence-electron chi connectivity index (χ3n) is 2.48. The molecule has 0 aliphatic carbocycles. The maximum atomic E-state index is 11.2. The average molecular weight is 185 g/mol. The molecule has 3 N–H and O–H groups in total. The SMILES string of the molecule is CCNC(=O)NC1CNCCC1C. The lowest BCUT2D eigenvalue weighted by Crippen LogP contribution is -2.52. The molecule has 1 saturated heterocycles. The van der Waals surface area contributed by atoms with Gasteiger partial charge in [0.25, 0.3) is 0 Å². The Hall–Kier alpha value is -0.770. The molecule has 76 valence electrons. The second-order valence-corrected chi connectivity index (χ2v) is 3.58. The molecule has 4 nitrogen and oxygen atoms in total. The highest BCUT2D eigenvalue weighted by atomic mass is 16.2. The highest BCUT2D eigenvalue weighted by Crippen LogP contribution is 2.10. The van der Waals surface area contributed by atoms with E-state index in [2.05, 4.69) is 22.9 Å². The highest BCUT2D eigenvalue weighted by Gasteiger charge is 2.21. The number of piperidine rings is 1. The Labute approximate surface area is 79.5 Å². The zero-order valence-electron chi connectivity index (χ0n) is 8.39. The van der Waals surface area contributed by atoms with Crippen molar-refractivity contribution in [1.82, 2.24) is 16.0 Å². The standard InChI is InChI=1S/C9H19N3O/c1-3-11-9(13)12-8-6-10-5-4-7(8)2/h7-8,10H,3-6H2,1-2H3,(H2,11,12,13). The van der Waals surface area contributed by atoms with Gasteiger partial charge in [-0.15, -0.1) is 0 Å². The molecule has 0 aromatic carbocycles. The van der Waals surface area contributed by atoms with Crippen LogP contribution in [0.5, 0.6) is 0 Å². The molecule has 0 bridgehead atoms. The van der Waals surface area contributed by atoms with Crippen LogP contribution in [0.2, 0.25) is 0 Å². The first kappa shape index (κ1) is 10.3. The van der Waals surface area contributed by atoms with Crippen molar-refractivity contribution in [3.05, 3.63) is 0 Å². The monoisotopic (exact) mass is 185 g/mol. The molecular weight excluding hydrogens is 166 g/mol. The summed E-state index contributed by atoms with van der Waals surface area (Å²) in [6.45, 7) is 6.73. The summed E-state index contributed by atoms with van der Waals surface area (Å²) >= 11 is 0. The van der Waals surface area contributed by atoms with Crippen LogP contribution in [-0.2, 0) is 0 Å². The van der Waals surface area contributed by atoms with Gasteiger partial charge in [0, 0.05) is 19.1 Å². The molecule has 2 atom stereocenters. The molecule has 1 aliphatic rings. The number of nitrogens with one attached hydrogen (secondary N) is 3. The number of carbonyl (C=O) groups excluding carboxylic acids is 1. The summed E-state index contributed by atoms with van der Waals surface area (Å²) in [4.78, 5) is 11.2. The van der Waals surface area contributed by atoms with Crippen molar-refractivity contribution in [2.75, 3.05) is 19.6 Å². The summed E-state index contributed by atoms with van der Waals surface area (Å²) in [6, 6.07) is 0.225. The molecule has 0 radical (unpaired) electrons. The van der Waals surface area contributed by atoms with E-state index >= 15 is 0 Å². The first-order valence-corrected chi connectivity index (χ1v) is 4.99. The fraction of sp³-hybridized carbons (Fsp3) is 0.889. The molecule has 1 rings (SSSR count). The van der Waals surface area contributed by atoms with Crippen LogP contribution in [-0.4, -0.2) is 31.7 Å².